The largest absolute Gasteiger partial charge is 0.493 e. The summed E-state index contributed by atoms with van der Waals surface area (Å²) in [4.78, 5) is 21.5. The van der Waals surface area contributed by atoms with Crippen LogP contribution in [-0.2, 0) is 9.53 Å². The van der Waals surface area contributed by atoms with Crippen LogP contribution in [0, 0.1) is 6.92 Å². The molecule has 1 N–H and O–H groups in total. The third-order valence-electron chi connectivity index (χ3n) is 4.74. The van der Waals surface area contributed by atoms with Crippen molar-refractivity contribution in [1.29, 1.82) is 0 Å². The maximum atomic E-state index is 12.3. The Kier molecular flexibility index (Phi) is 5.72. The van der Waals surface area contributed by atoms with Crippen LogP contribution in [0.1, 0.15) is 18.7 Å². The number of carbonyl (C=O) groups excluding carboxylic acids is 1. The number of aromatic nitrogens is 4. The van der Waals surface area contributed by atoms with Gasteiger partial charge in [-0.25, -0.2) is 9.97 Å². The fourth-order valence-electron chi connectivity index (χ4n) is 3.32. The Morgan fingerprint density at radius 1 is 1.31 bits per heavy atom. The maximum absolute atomic E-state index is 12.3. The zero-order valence-corrected chi connectivity index (χ0v) is 17.4. The quantitative estimate of drug-likeness (QED) is 0.460. The first-order valence-electron chi connectivity index (χ1n) is 9.39. The van der Waals surface area contributed by atoms with E-state index in [1.807, 2.05) is 13.0 Å². The van der Waals surface area contributed by atoms with E-state index < -0.39 is 0 Å². The van der Waals surface area contributed by atoms with Gasteiger partial charge in [-0.2, -0.15) is 4.52 Å². The molecule has 1 aliphatic heterocycles. The van der Waals surface area contributed by atoms with Crippen LogP contribution >= 0.6 is 11.8 Å². The summed E-state index contributed by atoms with van der Waals surface area (Å²) in [7, 11) is 3.17. The van der Waals surface area contributed by atoms with E-state index in [2.05, 4.69) is 15.4 Å². The molecule has 0 aliphatic carbocycles. The summed E-state index contributed by atoms with van der Waals surface area (Å²) in [6, 6.07) is 3.65. The van der Waals surface area contributed by atoms with Gasteiger partial charge in [-0.3, -0.25) is 4.79 Å². The van der Waals surface area contributed by atoms with Crippen LogP contribution in [-0.4, -0.2) is 64.7 Å². The number of nitrogens with one attached hydrogen (secondary N) is 1. The van der Waals surface area contributed by atoms with Crippen LogP contribution in [0.5, 0.6) is 11.5 Å². The molecule has 1 aliphatic rings. The van der Waals surface area contributed by atoms with Crippen LogP contribution in [0.3, 0.4) is 0 Å². The highest BCUT2D eigenvalue weighted by molar-refractivity contribution is 7.99. The SMILES string of the molecule is COc1cc2nc(SCC(=O)NCC3CCCO3)n3nc(C)nc3c2cc1OC. The van der Waals surface area contributed by atoms with E-state index in [1.54, 1.807) is 24.8 Å². The predicted molar refractivity (Wildman–Crippen MR) is 109 cm³/mol. The van der Waals surface area contributed by atoms with Crippen molar-refractivity contribution < 1.29 is 19.0 Å². The third-order valence-corrected chi connectivity index (χ3v) is 5.67. The van der Waals surface area contributed by atoms with E-state index in [9.17, 15) is 4.79 Å². The molecule has 0 bridgehead atoms. The molecule has 0 radical (unpaired) electrons. The molecule has 1 unspecified atom stereocenters. The molecule has 4 rings (SSSR count). The minimum atomic E-state index is -0.0651. The number of methoxy groups -OCH3 is 2. The number of hydrogen-bond donors (Lipinski definition) is 1. The number of benzene rings is 1. The molecule has 1 saturated heterocycles. The summed E-state index contributed by atoms with van der Waals surface area (Å²) in [5.41, 5.74) is 1.36. The van der Waals surface area contributed by atoms with E-state index in [-0.39, 0.29) is 17.8 Å². The monoisotopic (exact) mass is 417 g/mol. The predicted octanol–water partition coefficient (Wildman–Crippen LogP) is 1.99. The number of rotatable bonds is 7. The molecule has 29 heavy (non-hydrogen) atoms. The third kappa shape index (κ3) is 4.08. The average molecular weight is 417 g/mol. The molecule has 3 aromatic rings. The van der Waals surface area contributed by atoms with Crippen molar-refractivity contribution >= 4 is 34.2 Å². The van der Waals surface area contributed by atoms with E-state index in [0.29, 0.717) is 40.2 Å². The zero-order valence-electron chi connectivity index (χ0n) is 16.6. The number of fused-ring (bicyclic) bond motifs is 3. The molecule has 154 valence electrons. The molecule has 1 atom stereocenters. The summed E-state index contributed by atoms with van der Waals surface area (Å²) in [6.45, 7) is 3.13. The van der Waals surface area contributed by atoms with Crippen LogP contribution < -0.4 is 14.8 Å². The van der Waals surface area contributed by atoms with Gasteiger partial charge in [0.05, 0.1) is 31.6 Å². The number of amides is 1. The van der Waals surface area contributed by atoms with Crippen LogP contribution in [0.4, 0.5) is 0 Å². The Bertz CT molecular complexity index is 1050. The van der Waals surface area contributed by atoms with Crippen LogP contribution in [0.25, 0.3) is 16.6 Å². The Balaban J connectivity index is 1.60. The number of nitrogens with zero attached hydrogens (tertiary/aromatic N) is 4. The number of carbonyl (C=O) groups is 1. The topological polar surface area (TPSA) is 99.9 Å². The van der Waals surface area contributed by atoms with E-state index in [4.69, 9.17) is 19.2 Å². The van der Waals surface area contributed by atoms with Crippen molar-refractivity contribution in [2.45, 2.75) is 31.0 Å². The first-order chi connectivity index (χ1) is 14.1. The lowest BCUT2D eigenvalue weighted by atomic mass is 10.2. The fourth-order valence-corrected chi connectivity index (χ4v) is 4.10. The normalized spacial score (nSPS) is 16.4. The van der Waals surface area contributed by atoms with Crippen molar-refractivity contribution in [2.75, 3.05) is 33.1 Å². The molecule has 9 nitrogen and oxygen atoms in total. The van der Waals surface area contributed by atoms with E-state index in [0.717, 1.165) is 24.8 Å². The highest BCUT2D eigenvalue weighted by Gasteiger charge is 2.18. The van der Waals surface area contributed by atoms with Gasteiger partial charge >= 0.3 is 0 Å². The van der Waals surface area contributed by atoms with Crippen molar-refractivity contribution in [2.24, 2.45) is 0 Å². The molecule has 2 aromatic heterocycles. The van der Waals surface area contributed by atoms with Gasteiger partial charge in [-0.15, -0.1) is 5.10 Å². The van der Waals surface area contributed by atoms with Crippen LogP contribution in [0.2, 0.25) is 0 Å². The van der Waals surface area contributed by atoms with Gasteiger partial charge in [0.15, 0.2) is 22.3 Å². The molecule has 1 aromatic carbocycles. The lowest BCUT2D eigenvalue weighted by Gasteiger charge is -2.12. The first-order valence-corrected chi connectivity index (χ1v) is 10.4. The van der Waals surface area contributed by atoms with Gasteiger partial charge in [0.2, 0.25) is 5.91 Å². The Hall–Kier alpha value is -2.59. The first kappa shape index (κ1) is 19.7. The molecule has 10 heteroatoms. The van der Waals surface area contributed by atoms with Crippen molar-refractivity contribution in [3.05, 3.63) is 18.0 Å². The Labute approximate surface area is 172 Å². The van der Waals surface area contributed by atoms with Gasteiger partial charge in [0, 0.05) is 24.6 Å². The Morgan fingerprint density at radius 2 is 2.10 bits per heavy atom. The van der Waals surface area contributed by atoms with Gasteiger partial charge < -0.3 is 19.5 Å². The minimum absolute atomic E-state index is 0.0651. The standard InChI is InChI=1S/C19H23N5O4S/c1-11-21-18-13-7-15(26-2)16(27-3)8-14(13)22-19(24(18)23-11)29-10-17(25)20-9-12-5-4-6-28-12/h7-8,12H,4-6,9-10H2,1-3H3,(H,20,25). The summed E-state index contributed by atoms with van der Waals surface area (Å²) >= 11 is 1.32. The smallest absolute Gasteiger partial charge is 0.230 e. The maximum Gasteiger partial charge on any atom is 0.230 e. The van der Waals surface area contributed by atoms with Crippen molar-refractivity contribution in [3.8, 4) is 11.5 Å². The molecular weight excluding hydrogens is 394 g/mol. The molecular formula is C19H23N5O4S. The van der Waals surface area contributed by atoms with Gasteiger partial charge in [-0.05, 0) is 25.8 Å². The van der Waals surface area contributed by atoms with Gasteiger partial charge in [0.1, 0.15) is 5.82 Å². The number of hydrogen-bond acceptors (Lipinski definition) is 8. The summed E-state index contributed by atoms with van der Waals surface area (Å²) in [5, 5.41) is 8.76. The van der Waals surface area contributed by atoms with Gasteiger partial charge in [-0.1, -0.05) is 11.8 Å². The molecule has 0 saturated carbocycles. The summed E-state index contributed by atoms with van der Waals surface area (Å²) in [5.74, 6) is 1.96. The van der Waals surface area contributed by atoms with E-state index in [1.165, 1.54) is 11.8 Å². The highest BCUT2D eigenvalue weighted by Crippen LogP contribution is 2.34. The second kappa shape index (κ2) is 8.42. The number of thioether (sulfide) groups is 1. The van der Waals surface area contributed by atoms with Crippen LogP contribution in [0.15, 0.2) is 17.3 Å². The second-order valence-corrected chi connectivity index (χ2v) is 7.68. The lowest BCUT2D eigenvalue weighted by Crippen LogP contribution is -2.32. The number of aryl methyl sites for hydroxylation is 1. The molecule has 3 heterocycles. The summed E-state index contributed by atoms with van der Waals surface area (Å²) < 4.78 is 18.0. The highest BCUT2D eigenvalue weighted by atomic mass is 32.2. The van der Waals surface area contributed by atoms with E-state index >= 15 is 0 Å². The minimum Gasteiger partial charge on any atom is -0.493 e. The second-order valence-electron chi connectivity index (χ2n) is 6.74. The molecule has 0 spiro atoms. The van der Waals surface area contributed by atoms with Crippen molar-refractivity contribution in [3.63, 3.8) is 0 Å². The lowest BCUT2D eigenvalue weighted by molar-refractivity contribution is -0.119. The van der Waals surface area contributed by atoms with Crippen molar-refractivity contribution in [1.82, 2.24) is 24.9 Å². The Morgan fingerprint density at radius 3 is 2.83 bits per heavy atom. The summed E-state index contributed by atoms with van der Waals surface area (Å²) in [6.07, 6.45) is 2.16. The fraction of sp³-hybridized carbons (Fsp3) is 0.474. The zero-order chi connectivity index (χ0) is 20.4. The molecule has 1 amide bonds. The number of ether oxygens (including phenoxy) is 3. The van der Waals surface area contributed by atoms with Gasteiger partial charge in [0.25, 0.3) is 0 Å². The molecule has 1 fully saturated rings. The average Bonchev–Trinajstić information content (AvgIpc) is 3.38.